The minimum Gasteiger partial charge on any atom is -0.307 e. The summed E-state index contributed by atoms with van der Waals surface area (Å²) in [7, 11) is -0.409. The number of aromatic nitrogens is 1. The molecule has 3 rings (SSSR count). The number of nitrogens with zero attached hydrogens (tertiary/aromatic N) is 1. The molecule has 0 atom stereocenters. The van der Waals surface area contributed by atoms with Crippen LogP contribution in [0.5, 0.6) is 0 Å². The number of Topliss-reactive ketones (excluding diaryl/α,β-unsaturated/α-hetero) is 1. The van der Waals surface area contributed by atoms with Crippen LogP contribution in [0.1, 0.15) is 48.7 Å². The second-order valence-corrected chi connectivity index (χ2v) is 10.3. The van der Waals surface area contributed by atoms with Crippen LogP contribution < -0.4 is 10.6 Å². The number of carbonyl (C=O) groups is 2. The van der Waals surface area contributed by atoms with Gasteiger partial charge in [-0.3, -0.25) is 10.1 Å². The third kappa shape index (κ3) is 6.17. The van der Waals surface area contributed by atoms with Crippen molar-refractivity contribution >= 4 is 56.5 Å². The van der Waals surface area contributed by atoms with E-state index in [1.54, 1.807) is 0 Å². The lowest BCUT2D eigenvalue weighted by Gasteiger charge is -2.11. The monoisotopic (exact) mass is 467 g/mol. The number of ketones is 1. The van der Waals surface area contributed by atoms with Crippen LogP contribution in [0.25, 0.3) is 0 Å². The molecule has 0 saturated carbocycles. The Labute approximate surface area is 186 Å². The first kappa shape index (κ1) is 22.5. The number of urea groups is 1. The molecule has 5 nitrogen and oxygen atoms in total. The molecule has 0 aliphatic carbocycles. The van der Waals surface area contributed by atoms with Crippen LogP contribution in [-0.4, -0.2) is 16.8 Å². The van der Waals surface area contributed by atoms with E-state index in [9.17, 15) is 14.0 Å². The maximum absolute atomic E-state index is 13.7. The van der Waals surface area contributed by atoms with Crippen LogP contribution >= 0.6 is 33.8 Å². The lowest BCUT2D eigenvalue weighted by atomic mass is 10.0. The first-order valence-corrected chi connectivity index (χ1v) is 12.5. The van der Waals surface area contributed by atoms with Gasteiger partial charge < -0.3 is 5.32 Å². The van der Waals surface area contributed by atoms with Crippen molar-refractivity contribution < 1.29 is 14.0 Å². The summed E-state index contributed by atoms with van der Waals surface area (Å²) in [6.45, 7) is 2.04. The lowest BCUT2D eigenvalue weighted by molar-refractivity contribution is 0.0979. The van der Waals surface area contributed by atoms with E-state index in [2.05, 4.69) is 26.4 Å². The summed E-state index contributed by atoms with van der Waals surface area (Å²) in [5.41, 5.74) is 1.18. The van der Waals surface area contributed by atoms with Gasteiger partial charge in [-0.05, 0) is 35.4 Å². The van der Waals surface area contributed by atoms with Crippen molar-refractivity contribution in [3.8, 4) is 0 Å². The van der Waals surface area contributed by atoms with Crippen molar-refractivity contribution in [1.29, 1.82) is 0 Å². The second kappa shape index (κ2) is 10.7. The van der Waals surface area contributed by atoms with Gasteiger partial charge in [0.2, 0.25) is 0 Å². The number of hydrogen-bond acceptors (Lipinski definition) is 4. The molecule has 1 aliphatic heterocycles. The normalized spacial score (nSPS) is 13.6. The Hall–Kier alpha value is -2.16. The van der Waals surface area contributed by atoms with Gasteiger partial charge in [-0.15, -0.1) is 0 Å². The molecule has 9 heteroatoms. The molecule has 0 saturated heterocycles. The van der Waals surface area contributed by atoms with Crippen LogP contribution in [0, 0.1) is 5.82 Å². The van der Waals surface area contributed by atoms with Crippen LogP contribution in [-0.2, 0) is 5.75 Å². The first-order chi connectivity index (χ1) is 14.5. The third-order valence-corrected chi connectivity index (χ3v) is 7.43. The van der Waals surface area contributed by atoms with Crippen LogP contribution in [0.15, 0.2) is 41.2 Å². The molecule has 30 heavy (non-hydrogen) atoms. The van der Waals surface area contributed by atoms with Gasteiger partial charge >= 0.3 is 6.03 Å². The minimum atomic E-state index is -0.562. The number of thiol groups is 1. The van der Waals surface area contributed by atoms with Crippen LogP contribution in [0.3, 0.4) is 0 Å². The Morgan fingerprint density at radius 3 is 2.70 bits per heavy atom. The van der Waals surface area contributed by atoms with Gasteiger partial charge in [0.05, 0.1) is 11.4 Å². The molecular formula is C21H23ClFN3O2S2. The summed E-state index contributed by atoms with van der Waals surface area (Å²) in [5.74, 6) is 0.000856. The van der Waals surface area contributed by atoms with Gasteiger partial charge in [0.25, 0.3) is 0 Å². The zero-order chi connectivity index (χ0) is 21.5. The SMILES string of the molecule is CCCCCC(=O)c1cc(F)ccc1NC(=O)Nc1nc(C[SH]2C=CC=C2)c(Cl)s1. The van der Waals surface area contributed by atoms with Crippen LogP contribution in [0.2, 0.25) is 4.34 Å². The van der Waals surface area contributed by atoms with Gasteiger partial charge in [-0.1, -0.05) is 54.9 Å². The van der Waals surface area contributed by atoms with Gasteiger partial charge in [0, 0.05) is 17.7 Å². The smallest absolute Gasteiger partial charge is 0.307 e. The lowest BCUT2D eigenvalue weighted by Crippen LogP contribution is -2.21. The predicted molar refractivity (Wildman–Crippen MR) is 126 cm³/mol. The number of carbonyl (C=O) groups excluding carboxylic acids is 2. The Balaban J connectivity index is 1.65. The van der Waals surface area contributed by atoms with Gasteiger partial charge in [0.1, 0.15) is 10.2 Å². The van der Waals surface area contributed by atoms with E-state index < -0.39 is 22.7 Å². The summed E-state index contributed by atoms with van der Waals surface area (Å²) >= 11 is 7.45. The van der Waals surface area contributed by atoms with Gasteiger partial charge in [-0.2, -0.15) is 0 Å². The van der Waals surface area contributed by atoms with E-state index in [0.717, 1.165) is 36.8 Å². The molecule has 1 aromatic carbocycles. The quantitative estimate of drug-likeness (QED) is 0.214. The minimum absolute atomic E-state index is 0.168. The van der Waals surface area contributed by atoms with E-state index in [4.69, 9.17) is 11.6 Å². The number of rotatable bonds is 9. The Bertz CT molecular complexity index is 979. The number of amides is 2. The van der Waals surface area contributed by atoms with Crippen molar-refractivity contribution in [1.82, 2.24) is 4.98 Å². The fraction of sp³-hybridized carbons (Fsp3) is 0.286. The van der Waals surface area contributed by atoms with E-state index >= 15 is 0 Å². The molecule has 0 bridgehead atoms. The van der Waals surface area contributed by atoms with E-state index in [0.29, 0.717) is 15.9 Å². The maximum atomic E-state index is 13.7. The Morgan fingerprint density at radius 2 is 1.97 bits per heavy atom. The molecule has 160 valence electrons. The van der Waals surface area contributed by atoms with Gasteiger partial charge in [0.15, 0.2) is 10.9 Å². The standard InChI is InChI=1S/C21H23ClFN3O2S2/c1-2-3-4-7-18(27)15-12-14(23)8-9-16(15)24-20(28)26-21-25-17(19(22)29-21)13-30-10-5-6-11-30/h5-6,8-12,30H,2-4,7,13H2,1H3,(H2,24,25,26,28). The number of nitrogens with one attached hydrogen (secondary N) is 2. The molecular weight excluding hydrogens is 445 g/mol. The summed E-state index contributed by atoms with van der Waals surface area (Å²) in [5, 5.41) is 9.89. The highest BCUT2D eigenvalue weighted by Crippen LogP contribution is 2.40. The Kier molecular flexibility index (Phi) is 8.07. The zero-order valence-corrected chi connectivity index (χ0v) is 18.9. The molecule has 1 aliphatic rings. The topological polar surface area (TPSA) is 71.1 Å². The number of allylic oxidation sites excluding steroid dienone is 2. The number of anilines is 2. The van der Waals surface area contributed by atoms with Crippen molar-refractivity contribution in [2.45, 2.75) is 38.4 Å². The fourth-order valence-electron chi connectivity index (χ4n) is 2.91. The number of halogens is 2. The van der Waals surface area contributed by atoms with E-state index in [1.165, 1.54) is 23.5 Å². The predicted octanol–water partition coefficient (Wildman–Crippen LogP) is 6.88. The first-order valence-electron chi connectivity index (χ1n) is 9.63. The number of benzene rings is 1. The third-order valence-electron chi connectivity index (χ3n) is 4.41. The number of thiazole rings is 1. The molecule has 2 aromatic rings. The summed E-state index contributed by atoms with van der Waals surface area (Å²) in [6.07, 6.45) is 6.95. The summed E-state index contributed by atoms with van der Waals surface area (Å²) in [6, 6.07) is 3.20. The van der Waals surface area contributed by atoms with E-state index in [1.807, 2.05) is 19.1 Å². The summed E-state index contributed by atoms with van der Waals surface area (Å²) in [4.78, 5) is 29.3. The molecule has 0 unspecified atom stereocenters. The maximum Gasteiger partial charge on any atom is 0.325 e. The molecule has 2 amide bonds. The van der Waals surface area contributed by atoms with Crippen LogP contribution in [0.4, 0.5) is 20.0 Å². The summed E-state index contributed by atoms with van der Waals surface area (Å²) < 4.78 is 14.2. The average Bonchev–Trinajstić information content (AvgIpc) is 3.33. The highest BCUT2D eigenvalue weighted by atomic mass is 35.5. The fourth-order valence-corrected chi connectivity index (χ4v) is 5.67. The molecule has 2 heterocycles. The van der Waals surface area contributed by atoms with Gasteiger partial charge in [-0.25, -0.2) is 25.1 Å². The van der Waals surface area contributed by atoms with Crippen molar-refractivity contribution in [2.75, 3.05) is 10.6 Å². The number of hydrogen-bond donors (Lipinski definition) is 3. The molecule has 1 aromatic heterocycles. The van der Waals surface area contributed by atoms with E-state index in [-0.39, 0.29) is 17.0 Å². The largest absolute Gasteiger partial charge is 0.325 e. The molecule has 0 radical (unpaired) electrons. The average molecular weight is 468 g/mol. The molecule has 0 fully saturated rings. The highest BCUT2D eigenvalue weighted by molar-refractivity contribution is 8.21. The number of unbranched alkanes of at least 4 members (excludes halogenated alkanes) is 2. The zero-order valence-electron chi connectivity index (χ0n) is 16.5. The Morgan fingerprint density at radius 1 is 1.20 bits per heavy atom. The van der Waals surface area contributed by atoms with Crippen molar-refractivity contribution in [2.24, 2.45) is 0 Å². The molecule has 2 N–H and O–H groups in total. The van der Waals surface area contributed by atoms with Crippen molar-refractivity contribution in [3.05, 3.63) is 62.6 Å². The molecule has 0 spiro atoms. The van der Waals surface area contributed by atoms with Crippen molar-refractivity contribution in [3.63, 3.8) is 0 Å². The highest BCUT2D eigenvalue weighted by Gasteiger charge is 2.17. The second-order valence-electron chi connectivity index (χ2n) is 6.74.